The Labute approximate surface area is 202 Å². The molecule has 0 saturated carbocycles. The molecule has 2 unspecified atom stereocenters. The largest absolute Gasteiger partial charge is 0.416 e. The third-order valence-electron chi connectivity index (χ3n) is 6.21. The minimum atomic E-state index is -4.87. The molecule has 0 spiro atoms. The zero-order valence-electron chi connectivity index (χ0n) is 18.5. The van der Waals surface area contributed by atoms with Gasteiger partial charge in [0.2, 0.25) is 11.8 Å². The maximum absolute atomic E-state index is 14.1. The van der Waals surface area contributed by atoms with E-state index in [1.165, 1.54) is 23.0 Å². The molecule has 0 bridgehead atoms. The molecule has 0 aliphatic carbocycles. The molecule has 0 radical (unpaired) electrons. The van der Waals surface area contributed by atoms with E-state index in [0.717, 1.165) is 30.3 Å². The lowest BCUT2D eigenvalue weighted by Gasteiger charge is -2.34. The SMILES string of the molecule is NC(=O)c1cccc(C(F)(F)F)c1C1C(=O)Nc2c(cnn2-c2ccccc2)C1c1ccc(F)cc1. The van der Waals surface area contributed by atoms with Crippen LogP contribution in [0.15, 0.2) is 79.0 Å². The highest BCUT2D eigenvalue weighted by molar-refractivity contribution is 6.03. The third kappa shape index (κ3) is 3.90. The zero-order chi connectivity index (χ0) is 25.6. The number of amides is 2. The molecule has 1 aliphatic heterocycles. The summed E-state index contributed by atoms with van der Waals surface area (Å²) in [5.41, 5.74) is 4.74. The van der Waals surface area contributed by atoms with E-state index in [9.17, 15) is 27.2 Å². The first-order chi connectivity index (χ1) is 17.2. The molecule has 3 aromatic carbocycles. The van der Waals surface area contributed by atoms with Gasteiger partial charge < -0.3 is 11.1 Å². The van der Waals surface area contributed by atoms with Crippen LogP contribution in [-0.4, -0.2) is 21.6 Å². The fraction of sp³-hybridized carbons (Fsp3) is 0.115. The number of rotatable bonds is 4. The van der Waals surface area contributed by atoms with Crippen LogP contribution in [0, 0.1) is 5.82 Å². The molecule has 6 nitrogen and oxygen atoms in total. The molecular formula is C26H18F4N4O2. The number of nitrogens with zero attached hydrogens (tertiary/aromatic N) is 2. The Morgan fingerprint density at radius 1 is 0.944 bits per heavy atom. The lowest BCUT2D eigenvalue weighted by Crippen LogP contribution is -2.36. The number of aromatic nitrogens is 2. The van der Waals surface area contributed by atoms with Gasteiger partial charge in [-0.05, 0) is 47.5 Å². The van der Waals surface area contributed by atoms with Crippen molar-refractivity contribution in [1.82, 2.24) is 9.78 Å². The molecule has 182 valence electrons. The van der Waals surface area contributed by atoms with Crippen molar-refractivity contribution in [3.63, 3.8) is 0 Å². The van der Waals surface area contributed by atoms with Crippen molar-refractivity contribution in [1.29, 1.82) is 0 Å². The molecule has 1 aromatic heterocycles. The lowest BCUT2D eigenvalue weighted by atomic mass is 9.72. The Morgan fingerprint density at radius 2 is 1.64 bits per heavy atom. The van der Waals surface area contributed by atoms with Crippen LogP contribution < -0.4 is 11.1 Å². The molecule has 5 rings (SSSR count). The molecule has 3 N–H and O–H groups in total. The second kappa shape index (κ2) is 8.63. The van der Waals surface area contributed by atoms with Crippen LogP contribution in [0.25, 0.3) is 5.69 Å². The number of benzene rings is 3. The van der Waals surface area contributed by atoms with Gasteiger partial charge in [0, 0.05) is 17.0 Å². The lowest BCUT2D eigenvalue weighted by molar-refractivity contribution is -0.138. The van der Waals surface area contributed by atoms with Crippen molar-refractivity contribution >= 4 is 17.6 Å². The minimum Gasteiger partial charge on any atom is -0.366 e. The molecule has 0 fully saturated rings. The average molecular weight is 494 g/mol. The summed E-state index contributed by atoms with van der Waals surface area (Å²) >= 11 is 0. The molecule has 2 atom stereocenters. The van der Waals surface area contributed by atoms with Crippen LogP contribution >= 0.6 is 0 Å². The van der Waals surface area contributed by atoms with Crippen LogP contribution in [0.3, 0.4) is 0 Å². The smallest absolute Gasteiger partial charge is 0.366 e. The minimum absolute atomic E-state index is 0.266. The highest BCUT2D eigenvalue weighted by atomic mass is 19.4. The van der Waals surface area contributed by atoms with E-state index in [1.54, 1.807) is 30.3 Å². The van der Waals surface area contributed by atoms with E-state index in [4.69, 9.17) is 5.73 Å². The van der Waals surface area contributed by atoms with Crippen molar-refractivity contribution in [2.75, 3.05) is 5.32 Å². The normalized spacial score (nSPS) is 17.4. The van der Waals surface area contributed by atoms with E-state index < -0.39 is 52.3 Å². The second-order valence-corrected chi connectivity index (χ2v) is 8.32. The number of nitrogens with two attached hydrogens (primary N) is 1. The number of anilines is 1. The van der Waals surface area contributed by atoms with Gasteiger partial charge in [0.05, 0.1) is 23.4 Å². The van der Waals surface area contributed by atoms with Gasteiger partial charge in [-0.15, -0.1) is 0 Å². The average Bonchev–Trinajstić information content (AvgIpc) is 3.26. The summed E-state index contributed by atoms with van der Waals surface area (Å²) in [4.78, 5) is 25.8. The van der Waals surface area contributed by atoms with Gasteiger partial charge in [0.1, 0.15) is 11.6 Å². The Morgan fingerprint density at radius 3 is 2.28 bits per heavy atom. The molecule has 4 aromatic rings. The number of nitrogens with one attached hydrogen (secondary N) is 1. The number of hydrogen-bond donors (Lipinski definition) is 2. The maximum Gasteiger partial charge on any atom is 0.416 e. The molecule has 10 heteroatoms. The molecule has 2 amide bonds. The van der Waals surface area contributed by atoms with Crippen LogP contribution in [-0.2, 0) is 11.0 Å². The summed E-state index contributed by atoms with van der Waals surface area (Å²) in [6.45, 7) is 0. The van der Waals surface area contributed by atoms with Crippen LogP contribution in [0.4, 0.5) is 23.4 Å². The van der Waals surface area contributed by atoms with Crippen molar-refractivity contribution in [2.45, 2.75) is 18.0 Å². The van der Waals surface area contributed by atoms with Crippen molar-refractivity contribution in [2.24, 2.45) is 5.73 Å². The van der Waals surface area contributed by atoms with E-state index in [1.807, 2.05) is 0 Å². The van der Waals surface area contributed by atoms with Gasteiger partial charge in [0.25, 0.3) is 0 Å². The molecule has 2 heterocycles. The van der Waals surface area contributed by atoms with E-state index in [2.05, 4.69) is 10.4 Å². The van der Waals surface area contributed by atoms with E-state index in [0.29, 0.717) is 16.8 Å². The van der Waals surface area contributed by atoms with Crippen LogP contribution in [0.5, 0.6) is 0 Å². The first-order valence-corrected chi connectivity index (χ1v) is 10.9. The first-order valence-electron chi connectivity index (χ1n) is 10.9. The predicted molar refractivity (Wildman–Crippen MR) is 123 cm³/mol. The Balaban J connectivity index is 1.79. The number of alkyl halides is 3. The number of carbonyl (C=O) groups is 2. The summed E-state index contributed by atoms with van der Waals surface area (Å²) < 4.78 is 57.6. The molecule has 0 saturated heterocycles. The van der Waals surface area contributed by atoms with Crippen molar-refractivity contribution in [3.8, 4) is 5.69 Å². The highest BCUT2D eigenvalue weighted by Crippen LogP contribution is 2.49. The van der Waals surface area contributed by atoms with Gasteiger partial charge in [0.15, 0.2) is 0 Å². The fourth-order valence-electron chi connectivity index (χ4n) is 4.71. The van der Waals surface area contributed by atoms with E-state index >= 15 is 0 Å². The van der Waals surface area contributed by atoms with Gasteiger partial charge in [-0.25, -0.2) is 9.07 Å². The summed E-state index contributed by atoms with van der Waals surface area (Å²) in [7, 11) is 0. The number of para-hydroxylation sites is 1. The second-order valence-electron chi connectivity index (χ2n) is 8.32. The van der Waals surface area contributed by atoms with E-state index in [-0.39, 0.29) is 5.82 Å². The van der Waals surface area contributed by atoms with Crippen molar-refractivity contribution in [3.05, 3.63) is 113 Å². The van der Waals surface area contributed by atoms with Gasteiger partial charge in [-0.2, -0.15) is 18.3 Å². The maximum atomic E-state index is 14.1. The van der Waals surface area contributed by atoms with Gasteiger partial charge in [-0.1, -0.05) is 36.4 Å². The number of hydrogen-bond acceptors (Lipinski definition) is 3. The van der Waals surface area contributed by atoms with Crippen LogP contribution in [0.2, 0.25) is 0 Å². The number of carbonyl (C=O) groups excluding carboxylic acids is 2. The number of primary amides is 1. The number of halogens is 4. The molecule has 36 heavy (non-hydrogen) atoms. The Bertz CT molecular complexity index is 1460. The Kier molecular flexibility index (Phi) is 5.58. The summed E-state index contributed by atoms with van der Waals surface area (Å²) in [5, 5.41) is 7.05. The standard InChI is InChI=1S/C26H18F4N4O2/c27-15-11-9-14(10-12-15)20-18-13-32-34(16-5-2-1-3-6-16)24(18)33-25(36)22(20)21-17(23(31)35)7-4-8-19(21)26(28,29)30/h1-13,20,22H,(H2,31,35)(H,33,36). The quantitative estimate of drug-likeness (QED) is 0.392. The fourth-order valence-corrected chi connectivity index (χ4v) is 4.71. The van der Waals surface area contributed by atoms with Gasteiger partial charge >= 0.3 is 6.18 Å². The van der Waals surface area contributed by atoms with Crippen LogP contribution in [0.1, 0.15) is 44.4 Å². The third-order valence-corrected chi connectivity index (χ3v) is 6.21. The highest BCUT2D eigenvalue weighted by Gasteiger charge is 2.46. The topological polar surface area (TPSA) is 90.0 Å². The van der Waals surface area contributed by atoms with Crippen molar-refractivity contribution < 1.29 is 27.2 Å². The Hall–Kier alpha value is -4.47. The summed E-state index contributed by atoms with van der Waals surface area (Å²) in [6.07, 6.45) is -3.42. The summed E-state index contributed by atoms with van der Waals surface area (Å²) in [6, 6.07) is 17.0. The number of fused-ring (bicyclic) bond motifs is 1. The first kappa shape index (κ1) is 23.3. The molecular weight excluding hydrogens is 476 g/mol. The van der Waals surface area contributed by atoms with Gasteiger partial charge in [-0.3, -0.25) is 9.59 Å². The predicted octanol–water partition coefficient (Wildman–Crippen LogP) is 5.00. The zero-order valence-corrected chi connectivity index (χ0v) is 18.5. The monoisotopic (exact) mass is 494 g/mol. The molecule has 1 aliphatic rings. The summed E-state index contributed by atoms with van der Waals surface area (Å²) in [5.74, 6) is -4.70.